The molecule has 1 N–H and O–H groups in total. The van der Waals surface area contributed by atoms with Crippen LogP contribution in [0.15, 0.2) is 41.8 Å². The molecule has 2 heterocycles. The summed E-state index contributed by atoms with van der Waals surface area (Å²) in [6, 6.07) is 7.61. The first-order chi connectivity index (χ1) is 13.8. The molecule has 1 unspecified atom stereocenters. The van der Waals surface area contributed by atoms with Gasteiger partial charge in [-0.05, 0) is 32.8 Å². The monoisotopic (exact) mass is 420 g/mol. The topological polar surface area (TPSA) is 93.5 Å². The average Bonchev–Trinajstić information content (AvgIpc) is 3.24. The van der Waals surface area contributed by atoms with E-state index in [0.717, 1.165) is 5.56 Å². The van der Waals surface area contributed by atoms with E-state index < -0.39 is 10.0 Å². The molecule has 1 atom stereocenters. The standard InChI is InChI=1S/C20H28N4O4S/c1-15(2)23-13-19(22-14-23)29(26,27)24-10-6-8-17(12-24)20(25)21-11-16-7-4-5-9-18(16)28-3/h4-5,7,9,13-15,17H,6,8,10-12H2,1-3H3,(H,21,25). The van der Waals surface area contributed by atoms with Crippen molar-refractivity contribution in [3.63, 3.8) is 0 Å². The Morgan fingerprint density at radius 1 is 1.34 bits per heavy atom. The van der Waals surface area contributed by atoms with Crippen LogP contribution in [0.4, 0.5) is 0 Å². The molecule has 3 rings (SSSR count). The number of nitrogens with one attached hydrogen (secondary N) is 1. The number of piperidine rings is 1. The van der Waals surface area contributed by atoms with Crippen LogP contribution in [-0.4, -0.2) is 48.4 Å². The smallest absolute Gasteiger partial charge is 0.262 e. The van der Waals surface area contributed by atoms with Gasteiger partial charge in [0.2, 0.25) is 5.91 Å². The highest BCUT2D eigenvalue weighted by atomic mass is 32.2. The molecule has 0 bridgehead atoms. The quantitative estimate of drug-likeness (QED) is 0.741. The predicted molar refractivity (Wildman–Crippen MR) is 109 cm³/mol. The highest BCUT2D eigenvalue weighted by Gasteiger charge is 2.34. The van der Waals surface area contributed by atoms with Crippen molar-refractivity contribution in [3.05, 3.63) is 42.4 Å². The fourth-order valence-corrected chi connectivity index (χ4v) is 4.86. The number of imidazole rings is 1. The third-order valence-corrected chi connectivity index (χ3v) is 6.93. The number of methoxy groups -OCH3 is 1. The Hall–Kier alpha value is -2.39. The fourth-order valence-electron chi connectivity index (χ4n) is 3.42. The molecular formula is C20H28N4O4S. The van der Waals surface area contributed by atoms with Gasteiger partial charge in [0.25, 0.3) is 10.0 Å². The van der Waals surface area contributed by atoms with Crippen molar-refractivity contribution in [2.75, 3.05) is 20.2 Å². The number of benzene rings is 1. The Morgan fingerprint density at radius 2 is 2.10 bits per heavy atom. The summed E-state index contributed by atoms with van der Waals surface area (Å²) in [5, 5.41) is 2.94. The molecule has 1 amide bonds. The first-order valence-corrected chi connectivity index (χ1v) is 11.2. The molecule has 8 nitrogen and oxygen atoms in total. The number of sulfonamides is 1. The Labute approximate surface area is 171 Å². The van der Waals surface area contributed by atoms with E-state index in [0.29, 0.717) is 31.7 Å². The molecule has 158 valence electrons. The number of amides is 1. The van der Waals surface area contributed by atoms with Crippen molar-refractivity contribution in [1.29, 1.82) is 0 Å². The first kappa shape index (κ1) is 21.3. The van der Waals surface area contributed by atoms with Gasteiger partial charge in [-0.25, -0.2) is 13.4 Å². The first-order valence-electron chi connectivity index (χ1n) is 9.76. The molecule has 0 saturated carbocycles. The Bertz CT molecular complexity index is 955. The van der Waals surface area contributed by atoms with Gasteiger partial charge in [0.1, 0.15) is 5.75 Å². The van der Waals surface area contributed by atoms with Gasteiger partial charge in [-0.2, -0.15) is 4.31 Å². The van der Waals surface area contributed by atoms with Crippen LogP contribution in [0.3, 0.4) is 0 Å². The number of para-hydroxylation sites is 1. The molecule has 1 aromatic carbocycles. The Kier molecular flexibility index (Phi) is 6.59. The van der Waals surface area contributed by atoms with E-state index in [-0.39, 0.29) is 29.4 Å². The molecule has 1 aromatic heterocycles. The number of hydrogen-bond acceptors (Lipinski definition) is 5. The zero-order valence-corrected chi connectivity index (χ0v) is 17.9. The minimum absolute atomic E-state index is 0.0290. The fraction of sp³-hybridized carbons (Fsp3) is 0.500. The van der Waals surface area contributed by atoms with Crippen molar-refractivity contribution in [2.24, 2.45) is 5.92 Å². The molecular weight excluding hydrogens is 392 g/mol. The van der Waals surface area contributed by atoms with Crippen LogP contribution in [-0.2, 0) is 21.4 Å². The molecule has 1 aliphatic heterocycles. The third-order valence-electron chi connectivity index (χ3n) is 5.18. The van der Waals surface area contributed by atoms with E-state index in [4.69, 9.17) is 4.74 Å². The second-order valence-electron chi connectivity index (χ2n) is 7.48. The van der Waals surface area contributed by atoms with Crippen molar-refractivity contribution in [1.82, 2.24) is 19.2 Å². The maximum atomic E-state index is 13.0. The summed E-state index contributed by atoms with van der Waals surface area (Å²) >= 11 is 0. The zero-order chi connectivity index (χ0) is 21.0. The summed E-state index contributed by atoms with van der Waals surface area (Å²) < 4.78 is 34.3. The third kappa shape index (κ3) is 4.79. The summed E-state index contributed by atoms with van der Waals surface area (Å²) in [6.45, 7) is 4.81. The summed E-state index contributed by atoms with van der Waals surface area (Å²) in [6.07, 6.45) is 4.37. The molecule has 0 aliphatic carbocycles. The molecule has 1 fully saturated rings. The summed E-state index contributed by atoms with van der Waals surface area (Å²) in [4.78, 5) is 16.7. The van der Waals surface area contributed by atoms with Crippen LogP contribution in [0.2, 0.25) is 0 Å². The number of ether oxygens (including phenoxy) is 1. The van der Waals surface area contributed by atoms with E-state index in [1.807, 2.05) is 38.1 Å². The van der Waals surface area contributed by atoms with E-state index in [1.165, 1.54) is 10.6 Å². The molecule has 0 spiro atoms. The van der Waals surface area contributed by atoms with Crippen LogP contribution in [0, 0.1) is 5.92 Å². The highest BCUT2D eigenvalue weighted by molar-refractivity contribution is 7.89. The van der Waals surface area contributed by atoms with Crippen LogP contribution in [0.1, 0.15) is 38.3 Å². The van der Waals surface area contributed by atoms with E-state index in [1.54, 1.807) is 17.9 Å². The highest BCUT2D eigenvalue weighted by Crippen LogP contribution is 2.24. The van der Waals surface area contributed by atoms with Gasteiger partial charge in [-0.15, -0.1) is 0 Å². The normalized spacial score (nSPS) is 18.0. The average molecular weight is 421 g/mol. The number of hydrogen-bond donors (Lipinski definition) is 1. The minimum atomic E-state index is -3.72. The number of nitrogens with zero attached hydrogens (tertiary/aromatic N) is 3. The second-order valence-corrected chi connectivity index (χ2v) is 9.37. The van der Waals surface area contributed by atoms with Crippen LogP contribution >= 0.6 is 0 Å². The van der Waals surface area contributed by atoms with E-state index in [9.17, 15) is 13.2 Å². The van der Waals surface area contributed by atoms with Gasteiger partial charge in [-0.1, -0.05) is 18.2 Å². The molecule has 1 aliphatic rings. The van der Waals surface area contributed by atoms with Gasteiger partial charge >= 0.3 is 0 Å². The molecule has 1 saturated heterocycles. The molecule has 0 radical (unpaired) electrons. The van der Waals surface area contributed by atoms with Gasteiger partial charge in [0.05, 0.1) is 19.4 Å². The number of rotatable bonds is 7. The minimum Gasteiger partial charge on any atom is -0.496 e. The second kappa shape index (κ2) is 8.96. The number of carbonyl (C=O) groups is 1. The zero-order valence-electron chi connectivity index (χ0n) is 17.0. The number of carbonyl (C=O) groups excluding carboxylic acids is 1. The van der Waals surface area contributed by atoms with Gasteiger partial charge in [0, 0.05) is 37.4 Å². The molecule has 2 aromatic rings. The number of aromatic nitrogens is 2. The Morgan fingerprint density at radius 3 is 2.79 bits per heavy atom. The van der Waals surface area contributed by atoms with E-state index in [2.05, 4.69) is 10.3 Å². The SMILES string of the molecule is COc1ccccc1CNC(=O)C1CCCN(S(=O)(=O)c2cn(C(C)C)cn2)C1. The molecule has 29 heavy (non-hydrogen) atoms. The maximum absolute atomic E-state index is 13.0. The lowest BCUT2D eigenvalue weighted by Gasteiger charge is -2.30. The van der Waals surface area contributed by atoms with Crippen molar-refractivity contribution >= 4 is 15.9 Å². The maximum Gasteiger partial charge on any atom is 0.262 e. The van der Waals surface area contributed by atoms with Gasteiger partial charge in [0.15, 0.2) is 5.03 Å². The van der Waals surface area contributed by atoms with E-state index >= 15 is 0 Å². The Balaban J connectivity index is 1.65. The van der Waals surface area contributed by atoms with Crippen LogP contribution in [0.5, 0.6) is 5.75 Å². The largest absolute Gasteiger partial charge is 0.496 e. The van der Waals surface area contributed by atoms with Crippen LogP contribution in [0.25, 0.3) is 0 Å². The summed E-state index contributed by atoms with van der Waals surface area (Å²) in [7, 11) is -2.13. The predicted octanol–water partition coefficient (Wildman–Crippen LogP) is 2.19. The lowest BCUT2D eigenvalue weighted by Crippen LogP contribution is -2.45. The summed E-state index contributed by atoms with van der Waals surface area (Å²) in [5.74, 6) is 0.172. The van der Waals surface area contributed by atoms with Crippen LogP contribution < -0.4 is 10.1 Å². The van der Waals surface area contributed by atoms with Crippen molar-refractivity contribution in [2.45, 2.75) is 44.3 Å². The summed E-state index contributed by atoms with van der Waals surface area (Å²) in [5.41, 5.74) is 0.878. The van der Waals surface area contributed by atoms with Gasteiger partial charge in [-0.3, -0.25) is 4.79 Å². The van der Waals surface area contributed by atoms with Crippen molar-refractivity contribution < 1.29 is 17.9 Å². The molecule has 9 heteroatoms. The van der Waals surface area contributed by atoms with Gasteiger partial charge < -0.3 is 14.6 Å². The lowest BCUT2D eigenvalue weighted by atomic mass is 9.98. The van der Waals surface area contributed by atoms with Crippen molar-refractivity contribution in [3.8, 4) is 5.75 Å². The lowest BCUT2D eigenvalue weighted by molar-refractivity contribution is -0.126.